The van der Waals surface area contributed by atoms with E-state index in [9.17, 15) is 9.59 Å². The molecule has 182 valence electrons. The summed E-state index contributed by atoms with van der Waals surface area (Å²) in [4.78, 5) is 29.4. The van der Waals surface area contributed by atoms with Crippen LogP contribution >= 0.6 is 0 Å². The van der Waals surface area contributed by atoms with Crippen LogP contribution in [0.1, 0.15) is 41.7 Å². The summed E-state index contributed by atoms with van der Waals surface area (Å²) in [7, 11) is 1.53. The number of hydrogen-bond acceptors (Lipinski definition) is 6. The van der Waals surface area contributed by atoms with Crippen LogP contribution in [-0.4, -0.2) is 74.8 Å². The second kappa shape index (κ2) is 11.2. The molecule has 34 heavy (non-hydrogen) atoms. The van der Waals surface area contributed by atoms with Crippen LogP contribution in [0, 0.1) is 0 Å². The van der Waals surface area contributed by atoms with E-state index in [0.29, 0.717) is 56.5 Å². The van der Waals surface area contributed by atoms with Crippen molar-refractivity contribution in [3.63, 3.8) is 0 Å². The number of morpholine rings is 1. The first-order chi connectivity index (χ1) is 16.6. The van der Waals surface area contributed by atoms with Crippen molar-refractivity contribution in [3.8, 4) is 17.2 Å². The highest BCUT2D eigenvalue weighted by molar-refractivity contribution is 5.95. The van der Waals surface area contributed by atoms with E-state index in [2.05, 4.69) is 0 Å². The Kier molecular flexibility index (Phi) is 7.90. The number of benzene rings is 2. The molecule has 4 rings (SSSR count). The van der Waals surface area contributed by atoms with E-state index < -0.39 is 0 Å². The first-order valence-electron chi connectivity index (χ1n) is 11.8. The number of ether oxygens (including phenoxy) is 4. The van der Waals surface area contributed by atoms with Crippen LogP contribution < -0.4 is 14.2 Å². The third kappa shape index (κ3) is 5.44. The summed E-state index contributed by atoms with van der Waals surface area (Å²) in [5.74, 6) is 1.54. The van der Waals surface area contributed by atoms with Crippen molar-refractivity contribution in [2.45, 2.75) is 25.8 Å². The van der Waals surface area contributed by atoms with Gasteiger partial charge in [0.25, 0.3) is 11.8 Å². The molecule has 0 aliphatic carbocycles. The SMILES string of the molecule is CCOc1ccc(C2CCCN2C(=O)c2ccc(OCC(=O)N3CCOCC3)c(OC)c2)cc1. The quantitative estimate of drug-likeness (QED) is 0.592. The number of rotatable bonds is 8. The lowest BCUT2D eigenvalue weighted by molar-refractivity contribution is -0.137. The zero-order valence-electron chi connectivity index (χ0n) is 19.8. The van der Waals surface area contributed by atoms with Crippen LogP contribution in [0.25, 0.3) is 0 Å². The third-order valence-corrected chi connectivity index (χ3v) is 6.22. The molecule has 2 heterocycles. The Hall–Kier alpha value is -3.26. The monoisotopic (exact) mass is 468 g/mol. The summed E-state index contributed by atoms with van der Waals surface area (Å²) in [5.41, 5.74) is 1.63. The molecule has 0 N–H and O–H groups in total. The molecule has 2 saturated heterocycles. The van der Waals surface area contributed by atoms with Crippen LogP contribution in [0.2, 0.25) is 0 Å². The van der Waals surface area contributed by atoms with Gasteiger partial charge in [0.2, 0.25) is 0 Å². The zero-order chi connectivity index (χ0) is 23.9. The molecule has 8 nitrogen and oxygen atoms in total. The number of amides is 2. The number of carbonyl (C=O) groups excluding carboxylic acids is 2. The summed E-state index contributed by atoms with van der Waals surface area (Å²) in [6.07, 6.45) is 1.87. The molecule has 2 amide bonds. The van der Waals surface area contributed by atoms with Crippen molar-refractivity contribution < 1.29 is 28.5 Å². The maximum Gasteiger partial charge on any atom is 0.260 e. The van der Waals surface area contributed by atoms with Gasteiger partial charge >= 0.3 is 0 Å². The minimum absolute atomic E-state index is 0.0243. The summed E-state index contributed by atoms with van der Waals surface area (Å²) in [6, 6.07) is 13.1. The molecule has 8 heteroatoms. The summed E-state index contributed by atoms with van der Waals surface area (Å²) in [6.45, 7) is 5.41. The van der Waals surface area contributed by atoms with Gasteiger partial charge in [0.1, 0.15) is 5.75 Å². The fraction of sp³-hybridized carbons (Fsp3) is 0.462. The Morgan fingerprint density at radius 2 is 1.76 bits per heavy atom. The van der Waals surface area contributed by atoms with E-state index in [1.807, 2.05) is 36.1 Å². The van der Waals surface area contributed by atoms with E-state index in [1.165, 1.54) is 7.11 Å². The molecule has 2 aromatic rings. The first kappa shape index (κ1) is 23.9. The molecule has 0 saturated carbocycles. The minimum Gasteiger partial charge on any atom is -0.494 e. The maximum atomic E-state index is 13.4. The smallest absolute Gasteiger partial charge is 0.260 e. The molecule has 0 radical (unpaired) electrons. The number of nitrogens with zero attached hydrogens (tertiary/aromatic N) is 2. The topological polar surface area (TPSA) is 77.5 Å². The van der Waals surface area contributed by atoms with Crippen LogP contribution in [0.4, 0.5) is 0 Å². The van der Waals surface area contributed by atoms with Gasteiger partial charge in [-0.15, -0.1) is 0 Å². The van der Waals surface area contributed by atoms with Gasteiger partial charge in [-0.05, 0) is 55.7 Å². The normalized spacial score (nSPS) is 18.0. The van der Waals surface area contributed by atoms with Crippen molar-refractivity contribution >= 4 is 11.8 Å². The van der Waals surface area contributed by atoms with Crippen molar-refractivity contribution in [2.24, 2.45) is 0 Å². The molecule has 0 aromatic heterocycles. The average Bonchev–Trinajstić information content (AvgIpc) is 3.38. The van der Waals surface area contributed by atoms with Crippen LogP contribution in [0.3, 0.4) is 0 Å². The van der Waals surface area contributed by atoms with Crippen LogP contribution in [-0.2, 0) is 9.53 Å². The van der Waals surface area contributed by atoms with Crippen molar-refractivity contribution in [2.75, 3.05) is 53.2 Å². The number of methoxy groups -OCH3 is 1. The molecule has 2 fully saturated rings. The summed E-state index contributed by atoms with van der Waals surface area (Å²) >= 11 is 0. The predicted octanol–water partition coefficient (Wildman–Crippen LogP) is 3.31. The van der Waals surface area contributed by atoms with E-state index in [4.69, 9.17) is 18.9 Å². The van der Waals surface area contributed by atoms with E-state index in [1.54, 1.807) is 23.1 Å². The Balaban J connectivity index is 1.43. The third-order valence-electron chi connectivity index (χ3n) is 6.22. The van der Waals surface area contributed by atoms with Crippen molar-refractivity contribution in [3.05, 3.63) is 53.6 Å². The lowest BCUT2D eigenvalue weighted by Crippen LogP contribution is -2.43. The fourth-order valence-electron chi connectivity index (χ4n) is 4.44. The van der Waals surface area contributed by atoms with Crippen LogP contribution in [0.15, 0.2) is 42.5 Å². The molecule has 1 atom stereocenters. The first-order valence-corrected chi connectivity index (χ1v) is 11.8. The van der Waals surface area contributed by atoms with Gasteiger partial charge in [0, 0.05) is 25.2 Å². The van der Waals surface area contributed by atoms with E-state index >= 15 is 0 Å². The molecular formula is C26H32N2O6. The number of likely N-dealkylation sites (tertiary alicyclic amines) is 1. The standard InChI is InChI=1S/C26H32N2O6/c1-3-33-21-9-6-19(7-10-21)22-5-4-12-28(22)26(30)20-8-11-23(24(17-20)31-2)34-18-25(29)27-13-15-32-16-14-27/h6-11,17,22H,3-5,12-16,18H2,1-2H3. The molecule has 2 aliphatic rings. The number of hydrogen-bond donors (Lipinski definition) is 0. The van der Waals surface area contributed by atoms with Crippen molar-refractivity contribution in [1.29, 1.82) is 0 Å². The highest BCUT2D eigenvalue weighted by Crippen LogP contribution is 2.35. The van der Waals surface area contributed by atoms with Crippen molar-refractivity contribution in [1.82, 2.24) is 9.80 Å². The summed E-state index contributed by atoms with van der Waals surface area (Å²) in [5, 5.41) is 0. The highest BCUT2D eigenvalue weighted by Gasteiger charge is 2.31. The van der Waals surface area contributed by atoms with Gasteiger partial charge in [-0.25, -0.2) is 0 Å². The van der Waals surface area contributed by atoms with E-state index in [0.717, 1.165) is 24.2 Å². The molecule has 2 aromatic carbocycles. The molecule has 0 bridgehead atoms. The Bertz CT molecular complexity index is 987. The Morgan fingerprint density at radius 1 is 1.00 bits per heavy atom. The minimum atomic E-state index is -0.0965. The van der Waals surface area contributed by atoms with Gasteiger partial charge in [-0.1, -0.05) is 12.1 Å². The van der Waals surface area contributed by atoms with Gasteiger partial charge in [0.15, 0.2) is 18.1 Å². The average molecular weight is 469 g/mol. The van der Waals surface area contributed by atoms with Crippen LogP contribution in [0.5, 0.6) is 17.2 Å². The number of carbonyl (C=O) groups is 2. The zero-order valence-corrected chi connectivity index (χ0v) is 19.8. The van der Waals surface area contributed by atoms with Gasteiger partial charge in [-0.2, -0.15) is 0 Å². The second-order valence-electron chi connectivity index (χ2n) is 8.31. The van der Waals surface area contributed by atoms with Gasteiger partial charge in [-0.3, -0.25) is 9.59 Å². The summed E-state index contributed by atoms with van der Waals surface area (Å²) < 4.78 is 22.0. The second-order valence-corrected chi connectivity index (χ2v) is 8.31. The Morgan fingerprint density at radius 3 is 2.47 bits per heavy atom. The fourth-order valence-corrected chi connectivity index (χ4v) is 4.44. The molecule has 2 aliphatic heterocycles. The predicted molar refractivity (Wildman–Crippen MR) is 127 cm³/mol. The molecule has 0 spiro atoms. The maximum absolute atomic E-state index is 13.4. The lowest BCUT2D eigenvalue weighted by Gasteiger charge is -2.27. The Labute approximate surface area is 200 Å². The van der Waals surface area contributed by atoms with Gasteiger partial charge in [0.05, 0.1) is 33.0 Å². The van der Waals surface area contributed by atoms with Gasteiger partial charge < -0.3 is 28.7 Å². The molecular weight excluding hydrogens is 436 g/mol. The molecule has 1 unspecified atom stereocenters. The van der Waals surface area contributed by atoms with E-state index in [-0.39, 0.29) is 24.5 Å². The largest absolute Gasteiger partial charge is 0.494 e. The lowest BCUT2D eigenvalue weighted by atomic mass is 10.0. The highest BCUT2D eigenvalue weighted by atomic mass is 16.5.